The number of piperidine rings is 1. The van der Waals surface area contributed by atoms with Crippen molar-refractivity contribution >= 4 is 11.8 Å². The summed E-state index contributed by atoms with van der Waals surface area (Å²) in [6, 6.07) is 1.99. The Balaban J connectivity index is 1.89. The zero-order valence-corrected chi connectivity index (χ0v) is 12.4. The van der Waals surface area contributed by atoms with Gasteiger partial charge < -0.3 is 9.73 Å². The number of furan rings is 1. The van der Waals surface area contributed by atoms with Crippen molar-refractivity contribution in [3.8, 4) is 0 Å². The summed E-state index contributed by atoms with van der Waals surface area (Å²) in [7, 11) is 0. The van der Waals surface area contributed by atoms with Gasteiger partial charge in [0, 0.05) is 26.1 Å². The van der Waals surface area contributed by atoms with Crippen LogP contribution in [0.4, 0.5) is 0 Å². The highest BCUT2D eigenvalue weighted by Gasteiger charge is 2.21. The fraction of sp³-hybridized carbons (Fsp3) is 0.571. The fourth-order valence-corrected chi connectivity index (χ4v) is 2.67. The number of nitrogens with two attached hydrogens (primary N) is 1. The van der Waals surface area contributed by atoms with Gasteiger partial charge in [-0.1, -0.05) is 0 Å². The van der Waals surface area contributed by atoms with Crippen LogP contribution < -0.4 is 16.6 Å². The van der Waals surface area contributed by atoms with Gasteiger partial charge in [0.05, 0.1) is 12.1 Å². The molecule has 2 amide bonds. The summed E-state index contributed by atoms with van der Waals surface area (Å²) < 4.78 is 5.60. The van der Waals surface area contributed by atoms with Crippen LogP contribution in [0.5, 0.6) is 0 Å². The number of hydrogen-bond acceptors (Lipinski definition) is 5. The Labute approximate surface area is 123 Å². The monoisotopic (exact) mass is 294 g/mol. The van der Waals surface area contributed by atoms with Gasteiger partial charge in [0.1, 0.15) is 11.5 Å². The van der Waals surface area contributed by atoms with Gasteiger partial charge in [-0.3, -0.25) is 19.9 Å². The van der Waals surface area contributed by atoms with Crippen LogP contribution >= 0.6 is 0 Å². The van der Waals surface area contributed by atoms with Crippen LogP contribution in [0.25, 0.3) is 0 Å². The van der Waals surface area contributed by atoms with Crippen molar-refractivity contribution in [2.75, 3.05) is 13.1 Å². The van der Waals surface area contributed by atoms with E-state index in [1.54, 1.807) is 19.9 Å². The average molecular weight is 294 g/mol. The molecule has 116 valence electrons. The molecule has 2 rings (SSSR count). The Bertz CT molecular complexity index is 518. The number of nitrogens with one attached hydrogen (secondary N) is 2. The maximum Gasteiger partial charge on any atom is 0.268 e. The summed E-state index contributed by atoms with van der Waals surface area (Å²) in [5.74, 6) is 6.14. The van der Waals surface area contributed by atoms with Crippen LogP contribution in [0.2, 0.25) is 0 Å². The van der Waals surface area contributed by atoms with Crippen molar-refractivity contribution in [3.05, 3.63) is 23.2 Å². The average Bonchev–Trinajstić information content (AvgIpc) is 2.80. The van der Waals surface area contributed by atoms with Gasteiger partial charge in [-0.15, -0.1) is 0 Å². The highest BCUT2D eigenvalue weighted by Crippen LogP contribution is 2.19. The number of aryl methyl sites for hydroxylation is 1. The molecular formula is C14H22N4O3. The van der Waals surface area contributed by atoms with E-state index in [1.165, 1.54) is 0 Å². The highest BCUT2D eigenvalue weighted by molar-refractivity contribution is 5.94. The van der Waals surface area contributed by atoms with Gasteiger partial charge >= 0.3 is 0 Å². The topological polar surface area (TPSA) is 101 Å². The summed E-state index contributed by atoms with van der Waals surface area (Å²) in [5, 5.41) is 2.95. The lowest BCUT2D eigenvalue weighted by Crippen LogP contribution is -2.43. The quantitative estimate of drug-likeness (QED) is 0.421. The molecule has 0 aromatic carbocycles. The number of nitrogen functional groups attached to an aromatic ring is 1. The number of carbonyl (C=O) groups is 2. The Morgan fingerprint density at radius 2 is 2.10 bits per heavy atom. The first-order valence-electron chi connectivity index (χ1n) is 7.09. The van der Waals surface area contributed by atoms with Crippen molar-refractivity contribution < 1.29 is 14.0 Å². The zero-order valence-electron chi connectivity index (χ0n) is 12.4. The van der Waals surface area contributed by atoms with Gasteiger partial charge in [0.15, 0.2) is 0 Å². The first-order chi connectivity index (χ1) is 9.99. The lowest BCUT2D eigenvalue weighted by atomic mass is 10.0. The molecule has 1 fully saturated rings. The van der Waals surface area contributed by atoms with E-state index in [1.807, 2.05) is 0 Å². The van der Waals surface area contributed by atoms with E-state index < -0.39 is 0 Å². The molecule has 1 aliphatic rings. The van der Waals surface area contributed by atoms with Crippen LogP contribution in [0, 0.1) is 6.92 Å². The number of amides is 2. The lowest BCUT2D eigenvalue weighted by Gasteiger charge is -2.31. The van der Waals surface area contributed by atoms with E-state index in [9.17, 15) is 9.59 Å². The third-order valence-corrected chi connectivity index (χ3v) is 3.72. The van der Waals surface area contributed by atoms with E-state index in [2.05, 4.69) is 15.6 Å². The number of likely N-dealkylation sites (tertiary alicyclic amines) is 1. The van der Waals surface area contributed by atoms with Crippen molar-refractivity contribution in [2.24, 2.45) is 5.84 Å². The largest absolute Gasteiger partial charge is 0.464 e. The highest BCUT2D eigenvalue weighted by atomic mass is 16.3. The second-order valence-electron chi connectivity index (χ2n) is 5.41. The molecule has 0 radical (unpaired) electrons. The first kappa shape index (κ1) is 15.5. The van der Waals surface area contributed by atoms with E-state index in [0.717, 1.165) is 31.7 Å². The predicted molar refractivity (Wildman–Crippen MR) is 77.2 cm³/mol. The lowest BCUT2D eigenvalue weighted by molar-refractivity contribution is -0.120. The molecule has 0 bridgehead atoms. The molecule has 1 aromatic heterocycles. The molecule has 21 heavy (non-hydrogen) atoms. The molecule has 2 heterocycles. The molecule has 1 saturated heterocycles. The third-order valence-electron chi connectivity index (χ3n) is 3.72. The number of rotatable bonds is 4. The predicted octanol–water partition coefficient (Wildman–Crippen LogP) is 0.292. The van der Waals surface area contributed by atoms with Crippen molar-refractivity contribution in [1.29, 1.82) is 0 Å². The van der Waals surface area contributed by atoms with Crippen molar-refractivity contribution in [3.63, 3.8) is 0 Å². The van der Waals surface area contributed by atoms with E-state index in [0.29, 0.717) is 17.9 Å². The second-order valence-corrected chi connectivity index (χ2v) is 5.41. The van der Waals surface area contributed by atoms with Crippen molar-refractivity contribution in [2.45, 2.75) is 39.3 Å². The molecule has 7 heteroatoms. The summed E-state index contributed by atoms with van der Waals surface area (Å²) >= 11 is 0. The zero-order chi connectivity index (χ0) is 15.4. The molecule has 0 unspecified atom stereocenters. The molecule has 0 aliphatic carbocycles. The van der Waals surface area contributed by atoms with Crippen LogP contribution in [0.15, 0.2) is 10.5 Å². The first-order valence-corrected chi connectivity index (χ1v) is 7.09. The Kier molecular flexibility index (Phi) is 4.98. The van der Waals surface area contributed by atoms with Gasteiger partial charge in [-0.25, -0.2) is 5.84 Å². The maximum atomic E-state index is 11.5. The molecule has 0 saturated carbocycles. The summed E-state index contributed by atoms with van der Waals surface area (Å²) in [6.07, 6.45) is 1.85. The molecule has 1 aliphatic heterocycles. The van der Waals surface area contributed by atoms with Gasteiger partial charge in [0.25, 0.3) is 5.91 Å². The summed E-state index contributed by atoms with van der Waals surface area (Å²) in [5.41, 5.74) is 2.58. The van der Waals surface area contributed by atoms with E-state index >= 15 is 0 Å². The normalized spacial score (nSPS) is 16.7. The Morgan fingerprint density at radius 3 is 2.67 bits per heavy atom. The minimum Gasteiger partial charge on any atom is -0.464 e. The Hall–Kier alpha value is -1.86. The smallest absolute Gasteiger partial charge is 0.268 e. The minimum absolute atomic E-state index is 0.0209. The number of nitrogens with zero attached hydrogens (tertiary/aromatic N) is 1. The summed E-state index contributed by atoms with van der Waals surface area (Å²) in [4.78, 5) is 24.8. The van der Waals surface area contributed by atoms with Gasteiger partial charge in [-0.05, 0) is 25.8 Å². The molecule has 4 N–H and O–H groups in total. The van der Waals surface area contributed by atoms with Crippen LogP contribution in [-0.4, -0.2) is 35.8 Å². The second kappa shape index (κ2) is 6.73. The SMILES string of the molecule is CC(=O)NC1CCN(Cc2cc(C(=O)NN)c(C)o2)CC1. The van der Waals surface area contributed by atoms with E-state index in [4.69, 9.17) is 10.3 Å². The van der Waals surface area contributed by atoms with Gasteiger partial charge in [-0.2, -0.15) is 0 Å². The molecular weight excluding hydrogens is 272 g/mol. The minimum atomic E-state index is -0.341. The molecule has 7 nitrogen and oxygen atoms in total. The molecule has 0 atom stereocenters. The van der Waals surface area contributed by atoms with E-state index in [-0.39, 0.29) is 17.9 Å². The number of carbonyl (C=O) groups excluding carboxylic acids is 2. The number of hydrogen-bond donors (Lipinski definition) is 3. The van der Waals surface area contributed by atoms with Crippen molar-refractivity contribution in [1.82, 2.24) is 15.6 Å². The van der Waals surface area contributed by atoms with Gasteiger partial charge in [0.2, 0.25) is 5.91 Å². The fourth-order valence-electron chi connectivity index (χ4n) is 2.67. The van der Waals surface area contributed by atoms with Crippen LogP contribution in [-0.2, 0) is 11.3 Å². The maximum absolute atomic E-state index is 11.5. The van der Waals surface area contributed by atoms with Crippen LogP contribution in [0.3, 0.4) is 0 Å². The number of hydrazine groups is 1. The molecule has 0 spiro atoms. The van der Waals surface area contributed by atoms with Crippen LogP contribution in [0.1, 0.15) is 41.6 Å². The third kappa shape index (κ3) is 4.05. The summed E-state index contributed by atoms with van der Waals surface area (Å²) in [6.45, 7) is 5.73. The Morgan fingerprint density at radius 1 is 1.43 bits per heavy atom. The molecule has 1 aromatic rings. The standard InChI is InChI=1S/C14H22N4O3/c1-9-13(14(20)17-15)7-12(21-9)8-18-5-3-11(4-6-18)16-10(2)19/h7,11H,3-6,8,15H2,1-2H3,(H,16,19)(H,17,20).